The Bertz CT molecular complexity index is 623. The van der Waals surface area contributed by atoms with Gasteiger partial charge in [0, 0.05) is 6.54 Å². The summed E-state index contributed by atoms with van der Waals surface area (Å²) < 4.78 is 48.5. The molecule has 7 nitrogen and oxygen atoms in total. The molecule has 2 rings (SSSR count). The number of alkyl halides is 3. The van der Waals surface area contributed by atoms with Crippen LogP contribution in [0.2, 0.25) is 0 Å². The van der Waals surface area contributed by atoms with Crippen LogP contribution >= 0.6 is 0 Å². The van der Waals surface area contributed by atoms with Gasteiger partial charge in [-0.3, -0.25) is 0 Å². The molecule has 0 aliphatic carbocycles. The first-order chi connectivity index (χ1) is 11.8. The fraction of sp³-hybridized carbons (Fsp3) is 0.467. The zero-order valence-electron chi connectivity index (χ0n) is 13.1. The highest BCUT2D eigenvalue weighted by atomic mass is 19.4. The van der Waals surface area contributed by atoms with Crippen molar-refractivity contribution in [3.63, 3.8) is 0 Å². The third-order valence-electron chi connectivity index (χ3n) is 3.46. The third kappa shape index (κ3) is 5.24. The molecule has 0 radical (unpaired) electrons. The predicted octanol–water partition coefficient (Wildman–Crippen LogP) is 1.58. The van der Waals surface area contributed by atoms with Crippen LogP contribution in [0.4, 0.5) is 18.0 Å². The molecular formula is C15H17F3N2O5. The molecule has 1 unspecified atom stereocenters. The normalized spacial score (nSPS) is 17.9. The van der Waals surface area contributed by atoms with E-state index in [0.717, 1.165) is 6.07 Å². The summed E-state index contributed by atoms with van der Waals surface area (Å²) in [5.41, 5.74) is -0.890. The number of amides is 2. The molecule has 2 amide bonds. The summed E-state index contributed by atoms with van der Waals surface area (Å²) in [5.74, 6) is -1.48. The summed E-state index contributed by atoms with van der Waals surface area (Å²) >= 11 is 0. The first-order valence-corrected chi connectivity index (χ1v) is 7.45. The Kier molecular flexibility index (Phi) is 6.07. The van der Waals surface area contributed by atoms with E-state index in [2.05, 4.69) is 5.32 Å². The molecule has 0 aromatic heterocycles. The Morgan fingerprint density at radius 3 is 2.76 bits per heavy atom. The van der Waals surface area contributed by atoms with E-state index in [-0.39, 0.29) is 38.6 Å². The second-order valence-electron chi connectivity index (χ2n) is 5.22. The highest BCUT2D eigenvalue weighted by Crippen LogP contribution is 2.35. The molecule has 1 aromatic rings. The largest absolute Gasteiger partial charge is 0.491 e. The van der Waals surface area contributed by atoms with Gasteiger partial charge in [-0.25, -0.2) is 9.59 Å². The van der Waals surface area contributed by atoms with Crippen LogP contribution in [0.1, 0.15) is 5.56 Å². The molecule has 25 heavy (non-hydrogen) atoms. The fourth-order valence-electron chi connectivity index (χ4n) is 2.24. The lowest BCUT2D eigenvalue weighted by atomic mass is 10.2. The second-order valence-corrected chi connectivity index (χ2v) is 5.22. The van der Waals surface area contributed by atoms with Crippen molar-refractivity contribution in [1.82, 2.24) is 10.2 Å². The van der Waals surface area contributed by atoms with E-state index in [9.17, 15) is 22.8 Å². The number of carboxylic acid groups (broad SMARTS) is 1. The summed E-state index contributed by atoms with van der Waals surface area (Å²) in [6, 6.07) is 4.26. The molecule has 1 aliphatic heterocycles. The molecule has 0 saturated carbocycles. The predicted molar refractivity (Wildman–Crippen MR) is 79.3 cm³/mol. The molecule has 1 aliphatic rings. The standard InChI is InChI=1S/C15H17F3N2O5/c16-15(17,18)10-3-1-2-4-11(10)24-7-5-19-14(23)20-6-8-25-12(9-20)13(21)22/h1-4,12H,5-9H2,(H,19,23)(H,21,22). The SMILES string of the molecule is O=C(O)C1CN(C(=O)NCCOc2ccccc2C(F)(F)F)CCO1. The number of carboxylic acids is 1. The van der Waals surface area contributed by atoms with E-state index in [1.54, 1.807) is 0 Å². The first-order valence-electron chi connectivity index (χ1n) is 7.45. The number of carbonyl (C=O) groups excluding carboxylic acids is 1. The number of urea groups is 1. The number of rotatable bonds is 5. The van der Waals surface area contributed by atoms with Crippen molar-refractivity contribution in [2.24, 2.45) is 0 Å². The van der Waals surface area contributed by atoms with Gasteiger partial charge in [0.05, 0.1) is 25.3 Å². The number of hydrogen-bond donors (Lipinski definition) is 2. The maximum atomic E-state index is 12.8. The minimum absolute atomic E-state index is 0.0277. The van der Waals surface area contributed by atoms with E-state index < -0.39 is 29.8 Å². The number of para-hydroxylation sites is 1. The minimum Gasteiger partial charge on any atom is -0.491 e. The summed E-state index contributed by atoms with van der Waals surface area (Å²) in [6.07, 6.45) is -5.62. The highest BCUT2D eigenvalue weighted by molar-refractivity contribution is 5.77. The van der Waals surface area contributed by atoms with Gasteiger partial charge in [-0.15, -0.1) is 0 Å². The average molecular weight is 362 g/mol. The zero-order valence-corrected chi connectivity index (χ0v) is 13.1. The number of nitrogens with one attached hydrogen (secondary N) is 1. The van der Waals surface area contributed by atoms with Gasteiger partial charge in [0.15, 0.2) is 6.10 Å². The quantitative estimate of drug-likeness (QED) is 0.777. The van der Waals surface area contributed by atoms with E-state index in [1.807, 2.05) is 0 Å². The van der Waals surface area contributed by atoms with E-state index in [1.165, 1.54) is 23.1 Å². The molecule has 1 fully saturated rings. The number of nitrogens with zero attached hydrogens (tertiary/aromatic N) is 1. The van der Waals surface area contributed by atoms with Gasteiger partial charge in [0.25, 0.3) is 0 Å². The lowest BCUT2D eigenvalue weighted by molar-refractivity contribution is -0.154. The Morgan fingerprint density at radius 2 is 2.08 bits per heavy atom. The van der Waals surface area contributed by atoms with E-state index >= 15 is 0 Å². The van der Waals surface area contributed by atoms with Crippen molar-refractivity contribution in [2.45, 2.75) is 12.3 Å². The van der Waals surface area contributed by atoms with Crippen molar-refractivity contribution in [1.29, 1.82) is 0 Å². The van der Waals surface area contributed by atoms with Gasteiger partial charge >= 0.3 is 18.2 Å². The molecule has 1 saturated heterocycles. The van der Waals surface area contributed by atoms with Gasteiger partial charge in [-0.05, 0) is 12.1 Å². The number of halogens is 3. The zero-order chi connectivity index (χ0) is 18.4. The van der Waals surface area contributed by atoms with Crippen molar-refractivity contribution in [3.05, 3.63) is 29.8 Å². The second kappa shape index (κ2) is 8.06. The number of aliphatic carboxylic acids is 1. The van der Waals surface area contributed by atoms with Crippen molar-refractivity contribution >= 4 is 12.0 Å². The van der Waals surface area contributed by atoms with Gasteiger partial charge in [0.2, 0.25) is 0 Å². The van der Waals surface area contributed by atoms with Crippen molar-refractivity contribution < 1.29 is 37.3 Å². The fourth-order valence-corrected chi connectivity index (χ4v) is 2.24. The van der Waals surface area contributed by atoms with Gasteiger partial charge < -0.3 is 24.8 Å². The maximum Gasteiger partial charge on any atom is 0.419 e. The lowest BCUT2D eigenvalue weighted by Gasteiger charge is -2.30. The van der Waals surface area contributed by atoms with Crippen LogP contribution in [0.15, 0.2) is 24.3 Å². The topological polar surface area (TPSA) is 88.1 Å². The van der Waals surface area contributed by atoms with Crippen LogP contribution in [0.5, 0.6) is 5.75 Å². The summed E-state index contributed by atoms with van der Waals surface area (Å²) in [7, 11) is 0. The number of carbonyl (C=O) groups is 2. The monoisotopic (exact) mass is 362 g/mol. The number of benzene rings is 1. The van der Waals surface area contributed by atoms with Crippen molar-refractivity contribution in [2.75, 3.05) is 32.8 Å². The first kappa shape index (κ1) is 18.8. The smallest absolute Gasteiger partial charge is 0.419 e. The molecule has 10 heteroatoms. The van der Waals surface area contributed by atoms with Crippen molar-refractivity contribution in [3.8, 4) is 5.75 Å². The van der Waals surface area contributed by atoms with Gasteiger partial charge in [-0.1, -0.05) is 12.1 Å². The Hall–Kier alpha value is -2.49. The van der Waals surface area contributed by atoms with Crippen LogP contribution in [0.25, 0.3) is 0 Å². The Balaban J connectivity index is 1.80. The van der Waals surface area contributed by atoms with Gasteiger partial charge in [0.1, 0.15) is 12.4 Å². The number of ether oxygens (including phenoxy) is 2. The number of hydrogen-bond acceptors (Lipinski definition) is 4. The average Bonchev–Trinajstić information content (AvgIpc) is 2.58. The molecular weight excluding hydrogens is 345 g/mol. The maximum absolute atomic E-state index is 12.8. The van der Waals surface area contributed by atoms with Crippen LogP contribution in [-0.4, -0.2) is 61.0 Å². The Labute approximate surface area is 141 Å². The van der Waals surface area contributed by atoms with Crippen LogP contribution < -0.4 is 10.1 Å². The molecule has 0 spiro atoms. The summed E-state index contributed by atoms with van der Waals surface area (Å²) in [5, 5.41) is 11.3. The molecule has 1 heterocycles. The van der Waals surface area contributed by atoms with Crippen LogP contribution in [-0.2, 0) is 15.7 Å². The highest BCUT2D eigenvalue weighted by Gasteiger charge is 2.34. The summed E-state index contributed by atoms with van der Waals surface area (Å²) in [6.45, 7) is 0.0395. The molecule has 0 bridgehead atoms. The third-order valence-corrected chi connectivity index (χ3v) is 3.46. The molecule has 1 aromatic carbocycles. The Morgan fingerprint density at radius 1 is 1.36 bits per heavy atom. The lowest BCUT2D eigenvalue weighted by Crippen LogP contribution is -2.52. The molecule has 2 N–H and O–H groups in total. The van der Waals surface area contributed by atoms with Crippen LogP contribution in [0, 0.1) is 0 Å². The van der Waals surface area contributed by atoms with E-state index in [4.69, 9.17) is 14.6 Å². The van der Waals surface area contributed by atoms with Crippen LogP contribution in [0.3, 0.4) is 0 Å². The van der Waals surface area contributed by atoms with Gasteiger partial charge in [-0.2, -0.15) is 13.2 Å². The van der Waals surface area contributed by atoms with E-state index in [0.29, 0.717) is 0 Å². The number of morpholine rings is 1. The molecule has 1 atom stereocenters. The molecule has 138 valence electrons. The minimum atomic E-state index is -4.53. The summed E-state index contributed by atoms with van der Waals surface area (Å²) in [4.78, 5) is 24.1.